The lowest BCUT2D eigenvalue weighted by Gasteiger charge is -2.10. The van der Waals surface area contributed by atoms with Crippen molar-refractivity contribution in [3.05, 3.63) is 29.8 Å². The van der Waals surface area contributed by atoms with E-state index in [1.165, 1.54) is 12.5 Å². The van der Waals surface area contributed by atoms with Crippen LogP contribution in [0.4, 0.5) is 5.69 Å². The standard InChI is InChI=1S/C12H17NO3S/c1-4-10-5-7-11(8-6-10)13-12(14)9(2)17(3,15)16/h5-9H,4H2,1-3H3,(H,13,14). The lowest BCUT2D eigenvalue weighted by Crippen LogP contribution is -2.31. The van der Waals surface area contributed by atoms with E-state index in [0.717, 1.165) is 12.7 Å². The fraction of sp³-hybridized carbons (Fsp3) is 0.417. The molecule has 17 heavy (non-hydrogen) atoms. The van der Waals surface area contributed by atoms with E-state index < -0.39 is 21.0 Å². The predicted octanol–water partition coefficient (Wildman–Crippen LogP) is 1.62. The van der Waals surface area contributed by atoms with Gasteiger partial charge in [0, 0.05) is 11.9 Å². The molecule has 1 amide bonds. The molecule has 0 aliphatic heterocycles. The van der Waals surface area contributed by atoms with Gasteiger partial charge in [0.2, 0.25) is 5.91 Å². The molecule has 1 aromatic rings. The van der Waals surface area contributed by atoms with Gasteiger partial charge in [-0.05, 0) is 31.0 Å². The van der Waals surface area contributed by atoms with Gasteiger partial charge < -0.3 is 5.32 Å². The normalized spacial score (nSPS) is 13.1. The van der Waals surface area contributed by atoms with Gasteiger partial charge in [-0.15, -0.1) is 0 Å². The van der Waals surface area contributed by atoms with E-state index in [2.05, 4.69) is 5.32 Å². The van der Waals surface area contributed by atoms with Crippen LogP contribution < -0.4 is 5.32 Å². The first-order valence-electron chi connectivity index (χ1n) is 5.43. The van der Waals surface area contributed by atoms with Crippen LogP contribution in [0.2, 0.25) is 0 Å². The molecule has 1 unspecified atom stereocenters. The molecule has 0 aromatic heterocycles. The molecule has 0 saturated heterocycles. The predicted molar refractivity (Wildman–Crippen MR) is 68.8 cm³/mol. The van der Waals surface area contributed by atoms with Crippen LogP contribution in [-0.4, -0.2) is 25.8 Å². The van der Waals surface area contributed by atoms with Gasteiger partial charge in [0.15, 0.2) is 9.84 Å². The quantitative estimate of drug-likeness (QED) is 0.889. The number of carbonyl (C=O) groups excluding carboxylic acids is 1. The zero-order chi connectivity index (χ0) is 13.1. The van der Waals surface area contributed by atoms with Crippen molar-refractivity contribution in [3.8, 4) is 0 Å². The van der Waals surface area contributed by atoms with E-state index in [1.54, 1.807) is 12.1 Å². The Kier molecular flexibility index (Phi) is 4.28. The second-order valence-electron chi connectivity index (χ2n) is 4.01. The average Bonchev–Trinajstić information content (AvgIpc) is 2.27. The summed E-state index contributed by atoms with van der Waals surface area (Å²) in [7, 11) is -3.35. The summed E-state index contributed by atoms with van der Waals surface area (Å²) in [6.45, 7) is 3.42. The highest BCUT2D eigenvalue weighted by atomic mass is 32.2. The number of aryl methyl sites for hydroxylation is 1. The van der Waals surface area contributed by atoms with Crippen molar-refractivity contribution >= 4 is 21.4 Å². The molecular weight excluding hydrogens is 238 g/mol. The molecule has 1 rings (SSSR count). The third-order valence-corrected chi connectivity index (χ3v) is 4.14. The minimum atomic E-state index is -3.35. The molecule has 94 valence electrons. The molecule has 0 spiro atoms. The first kappa shape index (κ1) is 13.7. The zero-order valence-electron chi connectivity index (χ0n) is 10.2. The van der Waals surface area contributed by atoms with Crippen LogP contribution in [0.1, 0.15) is 19.4 Å². The van der Waals surface area contributed by atoms with Gasteiger partial charge in [-0.2, -0.15) is 0 Å². The van der Waals surface area contributed by atoms with Crippen LogP contribution in [0.3, 0.4) is 0 Å². The summed E-state index contributed by atoms with van der Waals surface area (Å²) in [5, 5.41) is 1.55. The Balaban J connectivity index is 2.74. The topological polar surface area (TPSA) is 63.2 Å². The Labute approximate surface area is 102 Å². The van der Waals surface area contributed by atoms with Gasteiger partial charge in [-0.25, -0.2) is 8.42 Å². The number of nitrogens with one attached hydrogen (secondary N) is 1. The Morgan fingerprint density at radius 2 is 1.82 bits per heavy atom. The fourth-order valence-electron chi connectivity index (χ4n) is 1.26. The van der Waals surface area contributed by atoms with Gasteiger partial charge in [0.1, 0.15) is 5.25 Å². The van der Waals surface area contributed by atoms with E-state index >= 15 is 0 Å². The lowest BCUT2D eigenvalue weighted by atomic mass is 10.1. The Bertz CT molecular complexity index is 491. The van der Waals surface area contributed by atoms with Crippen molar-refractivity contribution in [2.45, 2.75) is 25.5 Å². The smallest absolute Gasteiger partial charge is 0.242 e. The molecule has 0 radical (unpaired) electrons. The molecule has 5 heteroatoms. The van der Waals surface area contributed by atoms with E-state index in [9.17, 15) is 13.2 Å². The maximum atomic E-state index is 11.6. The number of amides is 1. The number of sulfone groups is 1. The molecule has 1 aromatic carbocycles. The second kappa shape index (κ2) is 5.31. The van der Waals surface area contributed by atoms with Gasteiger partial charge in [-0.1, -0.05) is 19.1 Å². The van der Waals surface area contributed by atoms with Gasteiger partial charge in [0.05, 0.1) is 0 Å². The molecule has 0 heterocycles. The summed E-state index contributed by atoms with van der Waals surface area (Å²) in [5.41, 5.74) is 1.78. The van der Waals surface area contributed by atoms with E-state index in [-0.39, 0.29) is 0 Å². The van der Waals surface area contributed by atoms with Gasteiger partial charge >= 0.3 is 0 Å². The summed E-state index contributed by atoms with van der Waals surface area (Å²) in [6.07, 6.45) is 1.98. The molecule has 1 atom stereocenters. The van der Waals surface area contributed by atoms with Crippen molar-refractivity contribution < 1.29 is 13.2 Å². The summed E-state index contributed by atoms with van der Waals surface area (Å²) >= 11 is 0. The monoisotopic (exact) mass is 255 g/mol. The molecule has 1 N–H and O–H groups in total. The molecule has 0 bridgehead atoms. The number of benzene rings is 1. The molecule has 0 aliphatic carbocycles. The molecule has 4 nitrogen and oxygen atoms in total. The maximum Gasteiger partial charge on any atom is 0.242 e. The highest BCUT2D eigenvalue weighted by molar-refractivity contribution is 7.92. The van der Waals surface area contributed by atoms with Crippen LogP contribution in [-0.2, 0) is 21.1 Å². The van der Waals surface area contributed by atoms with Crippen LogP contribution in [0.15, 0.2) is 24.3 Å². The number of hydrogen-bond donors (Lipinski definition) is 1. The highest BCUT2D eigenvalue weighted by Crippen LogP contribution is 2.11. The van der Waals surface area contributed by atoms with Crippen LogP contribution in [0, 0.1) is 0 Å². The Morgan fingerprint density at radius 1 is 1.29 bits per heavy atom. The maximum absolute atomic E-state index is 11.6. The average molecular weight is 255 g/mol. The minimum absolute atomic E-state index is 0.503. The van der Waals surface area contributed by atoms with E-state index in [4.69, 9.17) is 0 Å². The number of anilines is 1. The summed E-state index contributed by atoms with van der Waals surface area (Å²) in [4.78, 5) is 11.6. The van der Waals surface area contributed by atoms with Crippen molar-refractivity contribution in [1.82, 2.24) is 0 Å². The minimum Gasteiger partial charge on any atom is -0.325 e. The molecule has 0 saturated carbocycles. The van der Waals surface area contributed by atoms with Crippen LogP contribution in [0.5, 0.6) is 0 Å². The lowest BCUT2D eigenvalue weighted by molar-refractivity contribution is -0.115. The molecule has 0 aliphatic rings. The van der Waals surface area contributed by atoms with Gasteiger partial charge in [0.25, 0.3) is 0 Å². The van der Waals surface area contributed by atoms with Crippen LogP contribution >= 0.6 is 0 Å². The van der Waals surface area contributed by atoms with Gasteiger partial charge in [-0.3, -0.25) is 4.79 Å². The van der Waals surface area contributed by atoms with E-state index in [0.29, 0.717) is 5.69 Å². The Hall–Kier alpha value is -1.36. The first-order valence-corrected chi connectivity index (χ1v) is 7.38. The molecule has 0 fully saturated rings. The number of carbonyl (C=O) groups is 1. The third kappa shape index (κ3) is 3.85. The SMILES string of the molecule is CCc1ccc(NC(=O)C(C)S(C)(=O)=O)cc1. The number of rotatable bonds is 4. The fourth-order valence-corrected chi connectivity index (χ4v) is 1.71. The number of hydrogen-bond acceptors (Lipinski definition) is 3. The van der Waals surface area contributed by atoms with Crippen molar-refractivity contribution in [2.24, 2.45) is 0 Å². The summed E-state index contributed by atoms with van der Waals surface area (Å²) in [5.74, 6) is -0.503. The molecular formula is C12H17NO3S. The Morgan fingerprint density at radius 3 is 2.24 bits per heavy atom. The van der Waals surface area contributed by atoms with Crippen molar-refractivity contribution in [1.29, 1.82) is 0 Å². The highest BCUT2D eigenvalue weighted by Gasteiger charge is 2.23. The van der Waals surface area contributed by atoms with Crippen molar-refractivity contribution in [2.75, 3.05) is 11.6 Å². The third-order valence-electron chi connectivity index (χ3n) is 2.64. The first-order chi connectivity index (χ1) is 7.84. The second-order valence-corrected chi connectivity index (χ2v) is 6.38. The van der Waals surface area contributed by atoms with E-state index in [1.807, 2.05) is 19.1 Å². The largest absolute Gasteiger partial charge is 0.325 e. The van der Waals surface area contributed by atoms with Crippen molar-refractivity contribution in [3.63, 3.8) is 0 Å². The van der Waals surface area contributed by atoms with Crippen LogP contribution in [0.25, 0.3) is 0 Å². The summed E-state index contributed by atoms with van der Waals surface area (Å²) in [6, 6.07) is 7.35. The zero-order valence-corrected chi connectivity index (χ0v) is 11.0. The summed E-state index contributed by atoms with van der Waals surface area (Å²) < 4.78 is 22.4.